The molecule has 10 heteroatoms. The van der Waals surface area contributed by atoms with Crippen molar-refractivity contribution in [3.63, 3.8) is 0 Å². The van der Waals surface area contributed by atoms with E-state index in [-0.39, 0.29) is 29.9 Å². The average Bonchev–Trinajstić information content (AvgIpc) is 3.25. The molecule has 0 saturated carbocycles. The summed E-state index contributed by atoms with van der Waals surface area (Å²) in [6.07, 6.45) is -5.29. The van der Waals surface area contributed by atoms with Crippen LogP contribution in [0.3, 0.4) is 0 Å². The van der Waals surface area contributed by atoms with E-state index in [1.54, 1.807) is 24.3 Å². The van der Waals surface area contributed by atoms with Crippen LogP contribution in [0.4, 0.5) is 26.3 Å². The molecule has 0 aliphatic heterocycles. The van der Waals surface area contributed by atoms with Gasteiger partial charge in [0.25, 0.3) is 0 Å². The summed E-state index contributed by atoms with van der Waals surface area (Å²) in [6.45, 7) is 0.702. The molecular formula is C24H22F6O3S. The molecule has 2 aromatic carbocycles. The molecular weight excluding hydrogens is 482 g/mol. The predicted octanol–water partition coefficient (Wildman–Crippen LogP) is 5.81. The van der Waals surface area contributed by atoms with Crippen molar-refractivity contribution in [3.05, 3.63) is 80.5 Å². The second-order valence-corrected chi connectivity index (χ2v) is 8.91. The molecule has 0 aliphatic carbocycles. The number of aliphatic hydroxyl groups excluding tert-OH is 2. The van der Waals surface area contributed by atoms with E-state index in [9.17, 15) is 41.7 Å². The molecule has 184 valence electrons. The summed E-state index contributed by atoms with van der Waals surface area (Å²) in [5, 5.41) is 30.1. The normalized spacial score (nSPS) is 14.3. The van der Waals surface area contributed by atoms with Gasteiger partial charge in [-0.15, -0.1) is 11.3 Å². The van der Waals surface area contributed by atoms with E-state index in [1.165, 1.54) is 28.8 Å². The average molecular weight is 504 g/mol. The van der Waals surface area contributed by atoms with Crippen LogP contribution in [-0.2, 0) is 31.9 Å². The van der Waals surface area contributed by atoms with Crippen LogP contribution in [0.5, 0.6) is 0 Å². The van der Waals surface area contributed by atoms with Crippen LogP contribution in [0.2, 0.25) is 0 Å². The Morgan fingerprint density at radius 2 is 1.53 bits per heavy atom. The van der Waals surface area contributed by atoms with Crippen molar-refractivity contribution in [2.75, 3.05) is 0 Å². The van der Waals surface area contributed by atoms with Gasteiger partial charge in [0, 0.05) is 10.4 Å². The fourth-order valence-corrected chi connectivity index (χ4v) is 4.64. The minimum Gasteiger partial charge on any atom is -0.392 e. The van der Waals surface area contributed by atoms with Crippen LogP contribution in [0.25, 0.3) is 11.1 Å². The topological polar surface area (TPSA) is 60.7 Å². The van der Waals surface area contributed by atoms with E-state index in [1.807, 2.05) is 0 Å². The Kier molecular flexibility index (Phi) is 7.47. The number of rotatable bonds is 8. The summed E-state index contributed by atoms with van der Waals surface area (Å²) in [6, 6.07) is 10.5. The molecule has 3 nitrogen and oxygen atoms in total. The van der Waals surface area contributed by atoms with Gasteiger partial charge in [0.1, 0.15) is 0 Å². The zero-order chi connectivity index (χ0) is 25.3. The molecule has 3 N–H and O–H groups in total. The van der Waals surface area contributed by atoms with E-state index >= 15 is 0 Å². The van der Waals surface area contributed by atoms with Crippen molar-refractivity contribution in [1.82, 2.24) is 0 Å². The van der Waals surface area contributed by atoms with Crippen LogP contribution in [0.15, 0.2) is 47.8 Å². The minimum absolute atomic E-state index is 0.208. The van der Waals surface area contributed by atoms with Gasteiger partial charge in [0.05, 0.1) is 13.2 Å². The molecule has 1 unspecified atom stereocenters. The minimum atomic E-state index is -6.30. The number of alkyl halides is 6. The second kappa shape index (κ2) is 9.69. The first-order chi connectivity index (χ1) is 15.8. The number of hydrogen-bond acceptors (Lipinski definition) is 4. The third kappa shape index (κ3) is 4.86. The molecule has 1 atom stereocenters. The third-order valence-corrected chi connectivity index (χ3v) is 6.61. The van der Waals surface area contributed by atoms with Crippen molar-refractivity contribution >= 4 is 11.3 Å². The van der Waals surface area contributed by atoms with Crippen LogP contribution in [-0.4, -0.2) is 27.4 Å². The molecule has 0 bridgehead atoms. The Morgan fingerprint density at radius 3 is 2.15 bits per heavy atom. The predicted molar refractivity (Wildman–Crippen MR) is 116 cm³/mol. The largest absolute Gasteiger partial charge is 0.459 e. The van der Waals surface area contributed by atoms with Crippen molar-refractivity contribution in [3.8, 4) is 11.1 Å². The van der Waals surface area contributed by atoms with E-state index in [4.69, 9.17) is 0 Å². The van der Waals surface area contributed by atoms with Gasteiger partial charge in [-0.25, -0.2) is 0 Å². The van der Waals surface area contributed by atoms with Crippen molar-refractivity contribution in [1.29, 1.82) is 0 Å². The quantitative estimate of drug-likeness (QED) is 0.340. The lowest BCUT2D eigenvalue weighted by Gasteiger charge is -2.32. The lowest BCUT2D eigenvalue weighted by molar-refractivity contribution is -0.379. The van der Waals surface area contributed by atoms with Crippen molar-refractivity contribution in [2.24, 2.45) is 0 Å². The molecule has 0 fully saturated rings. The monoisotopic (exact) mass is 504 g/mol. The van der Waals surface area contributed by atoms with Gasteiger partial charge in [-0.05, 0) is 64.6 Å². The Balaban J connectivity index is 1.91. The number of aryl methyl sites for hydroxylation is 3. The summed E-state index contributed by atoms with van der Waals surface area (Å²) in [5.41, 5.74) is 0.629. The molecule has 0 spiro atoms. The summed E-state index contributed by atoms with van der Waals surface area (Å²) >= 11 is 1.22. The summed E-state index contributed by atoms with van der Waals surface area (Å²) in [5.74, 6) is -11.0. The van der Waals surface area contributed by atoms with E-state index in [2.05, 4.69) is 0 Å². The zero-order valence-corrected chi connectivity index (χ0v) is 18.8. The molecule has 1 heterocycles. The Labute approximate surface area is 195 Å². The number of halogens is 6. The lowest BCUT2D eigenvalue weighted by atomic mass is 9.88. The van der Waals surface area contributed by atoms with Crippen LogP contribution in [0.1, 0.15) is 32.7 Å². The highest BCUT2D eigenvalue weighted by atomic mass is 32.1. The Hall–Kier alpha value is -2.40. The molecule has 0 saturated heterocycles. The molecule has 3 rings (SSSR count). The fraction of sp³-hybridized carbons (Fsp3) is 0.333. The second-order valence-electron chi connectivity index (χ2n) is 7.91. The van der Waals surface area contributed by atoms with Gasteiger partial charge >= 0.3 is 18.0 Å². The van der Waals surface area contributed by atoms with Crippen LogP contribution < -0.4 is 0 Å². The molecule has 3 aromatic rings. The molecule has 1 aromatic heterocycles. The lowest BCUT2D eigenvalue weighted by Crippen LogP contribution is -2.52. The maximum Gasteiger partial charge on any atom is 0.459 e. The standard InChI is InChI=1S/C24H22F6O3S/c1-14-3-2-4-20(21(14)22(25,33)23(26,27)24(28,29)30)18-10-19(34-13-18)8-6-15-5-7-16(11-31)17(9-15)12-32/h2-5,7,9-10,13,31-33H,6,8,11-12H2,1H3. The fourth-order valence-electron chi connectivity index (χ4n) is 3.75. The van der Waals surface area contributed by atoms with Gasteiger partial charge in [-0.1, -0.05) is 36.4 Å². The molecule has 34 heavy (non-hydrogen) atoms. The van der Waals surface area contributed by atoms with Gasteiger partial charge in [0.15, 0.2) is 0 Å². The highest BCUT2D eigenvalue weighted by Crippen LogP contribution is 2.52. The maximum atomic E-state index is 14.9. The Morgan fingerprint density at radius 1 is 0.853 bits per heavy atom. The van der Waals surface area contributed by atoms with Crippen molar-refractivity contribution in [2.45, 2.75) is 50.9 Å². The summed E-state index contributed by atoms with van der Waals surface area (Å²) in [4.78, 5) is 0.754. The molecule has 0 radical (unpaired) electrons. The maximum absolute atomic E-state index is 14.9. The zero-order valence-electron chi connectivity index (χ0n) is 18.0. The first-order valence-corrected chi connectivity index (χ1v) is 11.1. The first-order valence-electron chi connectivity index (χ1n) is 10.2. The van der Waals surface area contributed by atoms with Crippen LogP contribution >= 0.6 is 11.3 Å². The van der Waals surface area contributed by atoms with Crippen LogP contribution in [0, 0.1) is 6.92 Å². The van der Waals surface area contributed by atoms with Gasteiger partial charge in [-0.2, -0.15) is 26.3 Å². The number of thiophene rings is 1. The summed E-state index contributed by atoms with van der Waals surface area (Å²) in [7, 11) is 0. The number of hydrogen-bond donors (Lipinski definition) is 3. The Bertz CT molecular complexity index is 1150. The summed E-state index contributed by atoms with van der Waals surface area (Å²) < 4.78 is 81.3. The highest BCUT2D eigenvalue weighted by Gasteiger charge is 2.72. The van der Waals surface area contributed by atoms with Gasteiger partial charge < -0.3 is 15.3 Å². The highest BCUT2D eigenvalue weighted by molar-refractivity contribution is 7.10. The third-order valence-electron chi connectivity index (χ3n) is 5.61. The SMILES string of the molecule is Cc1cccc(-c2csc(CCc3ccc(CO)c(CO)c3)c2)c1C(O)(F)C(F)(F)C(F)(F)F. The molecule has 0 aliphatic rings. The first kappa shape index (κ1) is 26.2. The van der Waals surface area contributed by atoms with E-state index < -0.39 is 23.5 Å². The van der Waals surface area contributed by atoms with E-state index in [0.717, 1.165) is 23.4 Å². The smallest absolute Gasteiger partial charge is 0.392 e. The number of benzene rings is 2. The van der Waals surface area contributed by atoms with Gasteiger partial charge in [-0.3, -0.25) is 0 Å². The molecule has 0 amide bonds. The number of aliphatic hydroxyl groups is 3. The van der Waals surface area contributed by atoms with Crippen molar-refractivity contribution < 1.29 is 41.7 Å². The van der Waals surface area contributed by atoms with E-state index in [0.29, 0.717) is 24.0 Å². The van der Waals surface area contributed by atoms with Gasteiger partial charge in [0.2, 0.25) is 0 Å².